The van der Waals surface area contributed by atoms with Gasteiger partial charge in [0, 0.05) is 31.8 Å². The van der Waals surface area contributed by atoms with E-state index in [0.717, 1.165) is 24.7 Å². The van der Waals surface area contributed by atoms with Gasteiger partial charge in [-0.15, -0.1) is 0 Å². The predicted octanol–water partition coefficient (Wildman–Crippen LogP) is 5.37. The van der Waals surface area contributed by atoms with Crippen molar-refractivity contribution < 1.29 is 9.53 Å². The summed E-state index contributed by atoms with van der Waals surface area (Å²) in [6.45, 7) is 0.415. The summed E-state index contributed by atoms with van der Waals surface area (Å²) in [4.78, 5) is 12.4. The smallest absolute Gasteiger partial charge is 0.256 e. The lowest BCUT2D eigenvalue weighted by Gasteiger charge is -2.13. The van der Waals surface area contributed by atoms with Gasteiger partial charge in [-0.2, -0.15) is 0 Å². The Hall–Kier alpha value is -0.690. The number of nitrogens with one attached hydrogen (secondary N) is 1. The number of benzene rings is 2. The zero-order valence-electron chi connectivity index (χ0n) is 11.1. The van der Waals surface area contributed by atoms with Gasteiger partial charge in [-0.1, -0.05) is 37.9 Å². The third-order valence-corrected chi connectivity index (χ3v) is 4.72. The van der Waals surface area contributed by atoms with Crippen LogP contribution in [0.3, 0.4) is 0 Å². The van der Waals surface area contributed by atoms with Crippen molar-refractivity contribution in [2.24, 2.45) is 0 Å². The van der Waals surface area contributed by atoms with Crippen molar-refractivity contribution in [2.75, 3.05) is 12.4 Å². The summed E-state index contributed by atoms with van der Waals surface area (Å²) in [6, 6.07) is 11.1. The molecule has 110 valence electrons. The normalized spacial score (nSPS) is 10.5. The number of hydrogen-bond donors (Lipinski definition) is 1. The number of ether oxygens (including phenoxy) is 1. The van der Waals surface area contributed by atoms with Gasteiger partial charge in [-0.25, -0.2) is 0 Å². The molecule has 0 spiro atoms. The molecule has 0 bridgehead atoms. The van der Waals surface area contributed by atoms with Gasteiger partial charge < -0.3 is 10.1 Å². The lowest BCUT2D eigenvalue weighted by Crippen LogP contribution is -2.14. The van der Waals surface area contributed by atoms with Crippen molar-refractivity contribution in [3.63, 3.8) is 0 Å². The van der Waals surface area contributed by atoms with Gasteiger partial charge in [0.05, 0.1) is 12.2 Å². The van der Waals surface area contributed by atoms with Crippen LogP contribution >= 0.6 is 47.8 Å². The molecular weight excluding hydrogens is 466 g/mol. The molecule has 0 aromatic heterocycles. The highest BCUT2D eigenvalue weighted by molar-refractivity contribution is 9.11. The van der Waals surface area contributed by atoms with E-state index in [2.05, 4.69) is 53.1 Å². The molecule has 0 aliphatic heterocycles. The van der Waals surface area contributed by atoms with Crippen LogP contribution in [-0.4, -0.2) is 13.0 Å². The Balaban J connectivity index is 2.29. The average Bonchev–Trinajstić information content (AvgIpc) is 2.42. The predicted molar refractivity (Wildman–Crippen MR) is 94.7 cm³/mol. The number of rotatable bonds is 4. The van der Waals surface area contributed by atoms with Crippen LogP contribution in [0.15, 0.2) is 49.8 Å². The Kier molecular flexibility index (Phi) is 5.98. The summed E-state index contributed by atoms with van der Waals surface area (Å²) in [5.41, 5.74) is 2.20. The SMILES string of the molecule is COCc1c(Br)cccc1NC(=O)c1ccc(Br)cc1Br. The van der Waals surface area contributed by atoms with E-state index >= 15 is 0 Å². The first-order chi connectivity index (χ1) is 10.0. The number of carbonyl (C=O) groups excluding carboxylic acids is 1. The van der Waals surface area contributed by atoms with E-state index in [1.165, 1.54) is 0 Å². The van der Waals surface area contributed by atoms with E-state index in [0.29, 0.717) is 12.2 Å². The third kappa shape index (κ3) is 4.16. The monoisotopic (exact) mass is 475 g/mol. The standard InChI is InChI=1S/C15H12Br3NO2/c1-21-8-11-12(17)3-2-4-14(11)19-15(20)10-6-5-9(16)7-13(10)18/h2-7H,8H2,1H3,(H,19,20). The molecule has 0 fully saturated rings. The zero-order valence-corrected chi connectivity index (χ0v) is 15.9. The quantitative estimate of drug-likeness (QED) is 0.642. The molecule has 0 heterocycles. The minimum atomic E-state index is -0.176. The van der Waals surface area contributed by atoms with Gasteiger partial charge in [-0.05, 0) is 46.3 Å². The highest BCUT2D eigenvalue weighted by atomic mass is 79.9. The van der Waals surface area contributed by atoms with Gasteiger partial charge in [0.25, 0.3) is 5.91 Å². The number of anilines is 1. The summed E-state index contributed by atoms with van der Waals surface area (Å²) in [5, 5.41) is 2.92. The van der Waals surface area contributed by atoms with E-state index in [4.69, 9.17) is 4.74 Å². The van der Waals surface area contributed by atoms with E-state index in [1.54, 1.807) is 13.2 Å². The minimum Gasteiger partial charge on any atom is -0.380 e. The van der Waals surface area contributed by atoms with Crippen LogP contribution in [0, 0.1) is 0 Å². The number of hydrogen-bond acceptors (Lipinski definition) is 2. The lowest BCUT2D eigenvalue weighted by molar-refractivity contribution is 0.102. The second kappa shape index (κ2) is 7.54. The molecular formula is C15H12Br3NO2. The van der Waals surface area contributed by atoms with Crippen LogP contribution in [0.1, 0.15) is 15.9 Å². The molecule has 0 radical (unpaired) electrons. The molecule has 3 nitrogen and oxygen atoms in total. The van der Waals surface area contributed by atoms with Gasteiger partial charge in [0.2, 0.25) is 0 Å². The zero-order chi connectivity index (χ0) is 15.4. The Labute approximate surface area is 148 Å². The first kappa shape index (κ1) is 16.7. The molecule has 0 saturated heterocycles. The first-order valence-corrected chi connectivity index (χ1v) is 8.43. The van der Waals surface area contributed by atoms with Crippen molar-refractivity contribution in [3.8, 4) is 0 Å². The molecule has 0 unspecified atom stereocenters. The van der Waals surface area contributed by atoms with E-state index < -0.39 is 0 Å². The largest absolute Gasteiger partial charge is 0.380 e. The van der Waals surface area contributed by atoms with Crippen LogP contribution in [0.5, 0.6) is 0 Å². The van der Waals surface area contributed by atoms with Crippen LogP contribution in [0.2, 0.25) is 0 Å². The van der Waals surface area contributed by atoms with Crippen molar-refractivity contribution in [1.29, 1.82) is 0 Å². The summed E-state index contributed by atoms with van der Waals surface area (Å²) >= 11 is 10.2. The molecule has 1 N–H and O–H groups in total. The van der Waals surface area contributed by atoms with Gasteiger partial charge in [-0.3, -0.25) is 4.79 Å². The fraction of sp³-hybridized carbons (Fsp3) is 0.133. The molecule has 0 aliphatic carbocycles. The third-order valence-electron chi connectivity index (χ3n) is 2.83. The topological polar surface area (TPSA) is 38.3 Å². The van der Waals surface area contributed by atoms with Crippen molar-refractivity contribution in [2.45, 2.75) is 6.61 Å². The molecule has 0 saturated carbocycles. The number of carbonyl (C=O) groups is 1. The van der Waals surface area contributed by atoms with Crippen LogP contribution in [-0.2, 0) is 11.3 Å². The number of halogens is 3. The van der Waals surface area contributed by atoms with Crippen LogP contribution in [0.4, 0.5) is 5.69 Å². The van der Waals surface area contributed by atoms with E-state index in [-0.39, 0.29) is 5.91 Å². The first-order valence-electron chi connectivity index (χ1n) is 6.05. The van der Waals surface area contributed by atoms with Crippen molar-refractivity contribution in [1.82, 2.24) is 0 Å². The Morgan fingerprint density at radius 1 is 1.14 bits per heavy atom. The maximum atomic E-state index is 12.4. The summed E-state index contributed by atoms with van der Waals surface area (Å²) in [7, 11) is 1.62. The summed E-state index contributed by atoms with van der Waals surface area (Å²) in [6.07, 6.45) is 0. The Morgan fingerprint density at radius 3 is 2.57 bits per heavy atom. The second-order valence-electron chi connectivity index (χ2n) is 4.28. The molecule has 0 aliphatic rings. The highest BCUT2D eigenvalue weighted by Crippen LogP contribution is 2.27. The number of amides is 1. The van der Waals surface area contributed by atoms with E-state index in [1.807, 2.05) is 30.3 Å². The fourth-order valence-electron chi connectivity index (χ4n) is 1.83. The fourth-order valence-corrected chi connectivity index (χ4v) is 3.54. The van der Waals surface area contributed by atoms with Gasteiger partial charge >= 0.3 is 0 Å². The molecule has 6 heteroatoms. The van der Waals surface area contributed by atoms with Crippen LogP contribution in [0.25, 0.3) is 0 Å². The van der Waals surface area contributed by atoms with Gasteiger partial charge in [0.1, 0.15) is 0 Å². The minimum absolute atomic E-state index is 0.176. The van der Waals surface area contributed by atoms with Crippen molar-refractivity contribution >= 4 is 59.4 Å². The maximum Gasteiger partial charge on any atom is 0.256 e. The molecule has 2 rings (SSSR count). The lowest BCUT2D eigenvalue weighted by atomic mass is 10.1. The molecule has 2 aromatic carbocycles. The molecule has 21 heavy (non-hydrogen) atoms. The van der Waals surface area contributed by atoms with E-state index in [9.17, 15) is 4.79 Å². The van der Waals surface area contributed by atoms with Crippen LogP contribution < -0.4 is 5.32 Å². The summed E-state index contributed by atoms with van der Waals surface area (Å²) < 4.78 is 7.72. The van der Waals surface area contributed by atoms with Gasteiger partial charge in [0.15, 0.2) is 0 Å². The maximum absolute atomic E-state index is 12.4. The Morgan fingerprint density at radius 2 is 1.90 bits per heavy atom. The average molecular weight is 478 g/mol. The highest BCUT2D eigenvalue weighted by Gasteiger charge is 2.13. The number of methoxy groups -OCH3 is 1. The van der Waals surface area contributed by atoms with Crippen molar-refractivity contribution in [3.05, 3.63) is 60.9 Å². The Bertz CT molecular complexity index is 674. The molecule has 0 atom stereocenters. The summed E-state index contributed by atoms with van der Waals surface area (Å²) in [5.74, 6) is -0.176. The molecule has 2 aromatic rings. The second-order valence-corrected chi connectivity index (χ2v) is 6.90. The molecule has 1 amide bonds.